The number of rotatable bonds is 3. The van der Waals surface area contributed by atoms with E-state index in [4.69, 9.17) is 5.73 Å². The molecule has 2 rings (SSSR count). The minimum atomic E-state index is -0.0268. The molecular weight excluding hydrogens is 202 g/mol. The molecule has 2 N–H and O–H groups in total. The van der Waals surface area contributed by atoms with Crippen molar-refractivity contribution in [3.63, 3.8) is 0 Å². The summed E-state index contributed by atoms with van der Waals surface area (Å²) in [5.41, 5.74) is 7.45. The lowest BCUT2D eigenvalue weighted by Crippen LogP contribution is -2.20. The van der Waals surface area contributed by atoms with Crippen LogP contribution in [0.25, 0.3) is 0 Å². The number of hydrogen-bond acceptors (Lipinski definition) is 3. The SMILES string of the molecule is NCc1ccc(=O)n(Cc2cccnc2)c1. The Morgan fingerprint density at radius 2 is 2.12 bits per heavy atom. The van der Waals surface area contributed by atoms with E-state index in [9.17, 15) is 4.79 Å². The van der Waals surface area contributed by atoms with Crippen molar-refractivity contribution in [1.82, 2.24) is 9.55 Å². The van der Waals surface area contributed by atoms with Gasteiger partial charge in [-0.15, -0.1) is 0 Å². The highest BCUT2D eigenvalue weighted by atomic mass is 16.1. The van der Waals surface area contributed by atoms with E-state index < -0.39 is 0 Å². The van der Waals surface area contributed by atoms with Gasteiger partial charge < -0.3 is 10.3 Å². The molecule has 0 bridgehead atoms. The second kappa shape index (κ2) is 4.72. The maximum absolute atomic E-state index is 11.6. The van der Waals surface area contributed by atoms with Crippen LogP contribution >= 0.6 is 0 Å². The molecule has 2 aromatic heterocycles. The molecule has 0 saturated carbocycles. The Morgan fingerprint density at radius 3 is 2.81 bits per heavy atom. The van der Waals surface area contributed by atoms with Crippen LogP contribution in [0, 0.1) is 0 Å². The predicted octanol–water partition coefficient (Wildman–Crippen LogP) is 0.750. The smallest absolute Gasteiger partial charge is 0.250 e. The first-order valence-corrected chi connectivity index (χ1v) is 5.08. The molecule has 0 aliphatic carbocycles. The highest BCUT2D eigenvalue weighted by Gasteiger charge is 1.99. The molecule has 0 unspecified atom stereocenters. The van der Waals surface area contributed by atoms with Gasteiger partial charge in [-0.2, -0.15) is 0 Å². The number of hydrogen-bond donors (Lipinski definition) is 1. The van der Waals surface area contributed by atoms with Crippen LogP contribution in [0.4, 0.5) is 0 Å². The van der Waals surface area contributed by atoms with Gasteiger partial charge in [0, 0.05) is 31.2 Å². The third kappa shape index (κ3) is 2.35. The molecule has 4 heteroatoms. The van der Waals surface area contributed by atoms with E-state index in [-0.39, 0.29) is 5.56 Å². The third-order valence-corrected chi connectivity index (χ3v) is 2.36. The molecule has 0 aliphatic rings. The van der Waals surface area contributed by atoms with Gasteiger partial charge in [0.05, 0.1) is 6.54 Å². The number of aromatic nitrogens is 2. The lowest BCUT2D eigenvalue weighted by molar-refractivity contribution is 0.745. The van der Waals surface area contributed by atoms with Crippen LogP contribution in [0.2, 0.25) is 0 Å². The summed E-state index contributed by atoms with van der Waals surface area (Å²) in [6, 6.07) is 7.09. The van der Waals surface area contributed by atoms with Gasteiger partial charge in [0.15, 0.2) is 0 Å². The van der Waals surface area contributed by atoms with Crippen molar-refractivity contribution >= 4 is 0 Å². The minimum Gasteiger partial charge on any atom is -0.326 e. The predicted molar refractivity (Wildman–Crippen MR) is 61.9 cm³/mol. The molecule has 0 fully saturated rings. The maximum atomic E-state index is 11.6. The molecule has 82 valence electrons. The summed E-state index contributed by atoms with van der Waals surface area (Å²) in [6.45, 7) is 0.966. The summed E-state index contributed by atoms with van der Waals surface area (Å²) in [4.78, 5) is 15.6. The first kappa shape index (κ1) is 10.6. The first-order valence-electron chi connectivity index (χ1n) is 5.08. The van der Waals surface area contributed by atoms with Crippen molar-refractivity contribution in [2.24, 2.45) is 5.73 Å². The Kier molecular flexibility index (Phi) is 3.12. The van der Waals surface area contributed by atoms with Crippen LogP contribution in [-0.2, 0) is 13.1 Å². The minimum absolute atomic E-state index is 0.0268. The topological polar surface area (TPSA) is 60.9 Å². The normalized spacial score (nSPS) is 10.3. The molecular formula is C12H13N3O. The maximum Gasteiger partial charge on any atom is 0.250 e. The largest absolute Gasteiger partial charge is 0.326 e. The molecule has 0 atom stereocenters. The molecule has 0 radical (unpaired) electrons. The average Bonchev–Trinajstić information content (AvgIpc) is 2.33. The van der Waals surface area contributed by atoms with Crippen molar-refractivity contribution in [2.75, 3.05) is 0 Å². The van der Waals surface area contributed by atoms with Crippen LogP contribution in [-0.4, -0.2) is 9.55 Å². The summed E-state index contributed by atoms with van der Waals surface area (Å²) in [7, 11) is 0. The van der Waals surface area contributed by atoms with Crippen LogP contribution < -0.4 is 11.3 Å². The fourth-order valence-electron chi connectivity index (χ4n) is 1.51. The quantitative estimate of drug-likeness (QED) is 0.821. The van der Waals surface area contributed by atoms with Gasteiger partial charge in [-0.05, 0) is 17.2 Å². The van der Waals surface area contributed by atoms with Crippen LogP contribution in [0.5, 0.6) is 0 Å². The van der Waals surface area contributed by atoms with Gasteiger partial charge in [0.25, 0.3) is 5.56 Å². The second-order valence-electron chi connectivity index (χ2n) is 3.57. The van der Waals surface area contributed by atoms with E-state index in [1.54, 1.807) is 35.3 Å². The summed E-state index contributed by atoms with van der Waals surface area (Å²) >= 11 is 0. The zero-order valence-corrected chi connectivity index (χ0v) is 8.84. The molecule has 0 aliphatic heterocycles. The molecule has 0 amide bonds. The van der Waals surface area contributed by atoms with Crippen molar-refractivity contribution < 1.29 is 0 Å². The van der Waals surface area contributed by atoms with Gasteiger partial charge in [-0.3, -0.25) is 9.78 Å². The van der Waals surface area contributed by atoms with E-state index in [1.165, 1.54) is 0 Å². The Hall–Kier alpha value is -1.94. The zero-order valence-electron chi connectivity index (χ0n) is 8.84. The Balaban J connectivity index is 2.31. The van der Waals surface area contributed by atoms with Crippen molar-refractivity contribution in [3.8, 4) is 0 Å². The molecule has 2 heterocycles. The number of nitrogens with zero attached hydrogens (tertiary/aromatic N) is 2. The first-order chi connectivity index (χ1) is 7.79. The monoisotopic (exact) mass is 215 g/mol. The average molecular weight is 215 g/mol. The van der Waals surface area contributed by atoms with E-state index in [0.717, 1.165) is 11.1 Å². The van der Waals surface area contributed by atoms with Crippen LogP contribution in [0.3, 0.4) is 0 Å². The van der Waals surface area contributed by atoms with Gasteiger partial charge in [-0.1, -0.05) is 12.1 Å². The molecule has 4 nitrogen and oxygen atoms in total. The highest BCUT2D eigenvalue weighted by Crippen LogP contribution is 2.00. The molecule has 2 aromatic rings. The summed E-state index contributed by atoms with van der Waals surface area (Å²) in [5, 5.41) is 0. The zero-order chi connectivity index (χ0) is 11.4. The molecule has 0 saturated heterocycles. The van der Waals surface area contributed by atoms with Gasteiger partial charge >= 0.3 is 0 Å². The van der Waals surface area contributed by atoms with E-state index >= 15 is 0 Å². The number of nitrogens with two attached hydrogens (primary N) is 1. The Morgan fingerprint density at radius 1 is 1.25 bits per heavy atom. The lowest BCUT2D eigenvalue weighted by Gasteiger charge is -2.06. The molecule has 0 spiro atoms. The summed E-state index contributed by atoms with van der Waals surface area (Å²) < 4.78 is 1.64. The van der Waals surface area contributed by atoms with Crippen LogP contribution in [0.1, 0.15) is 11.1 Å². The van der Waals surface area contributed by atoms with Gasteiger partial charge in [0.1, 0.15) is 0 Å². The fraction of sp³-hybridized carbons (Fsp3) is 0.167. The van der Waals surface area contributed by atoms with E-state index in [2.05, 4.69) is 4.98 Å². The number of pyridine rings is 2. The third-order valence-electron chi connectivity index (χ3n) is 2.36. The molecule has 0 aromatic carbocycles. The Bertz CT molecular complexity index is 519. The molecule has 16 heavy (non-hydrogen) atoms. The lowest BCUT2D eigenvalue weighted by atomic mass is 10.2. The van der Waals surface area contributed by atoms with Crippen molar-refractivity contribution in [3.05, 3.63) is 64.3 Å². The van der Waals surface area contributed by atoms with E-state index in [1.807, 2.05) is 12.1 Å². The Labute approximate surface area is 93.4 Å². The van der Waals surface area contributed by atoms with Crippen molar-refractivity contribution in [1.29, 1.82) is 0 Å². The van der Waals surface area contributed by atoms with Crippen LogP contribution in [0.15, 0.2) is 47.7 Å². The van der Waals surface area contributed by atoms with Gasteiger partial charge in [-0.25, -0.2) is 0 Å². The second-order valence-corrected chi connectivity index (χ2v) is 3.57. The van der Waals surface area contributed by atoms with Crippen molar-refractivity contribution in [2.45, 2.75) is 13.1 Å². The van der Waals surface area contributed by atoms with Gasteiger partial charge in [0.2, 0.25) is 0 Å². The standard InChI is InChI=1S/C12H13N3O/c13-6-10-3-4-12(16)15(8-10)9-11-2-1-5-14-7-11/h1-5,7-8H,6,9,13H2. The highest BCUT2D eigenvalue weighted by molar-refractivity contribution is 5.13. The summed E-state index contributed by atoms with van der Waals surface area (Å²) in [5.74, 6) is 0. The summed E-state index contributed by atoms with van der Waals surface area (Å²) in [6.07, 6.45) is 5.25. The van der Waals surface area contributed by atoms with E-state index in [0.29, 0.717) is 13.1 Å². The fourth-order valence-corrected chi connectivity index (χ4v) is 1.51.